The average Bonchev–Trinajstić information content (AvgIpc) is 2.59. The van der Waals surface area contributed by atoms with Gasteiger partial charge in [0.15, 0.2) is 6.61 Å². The number of benzene rings is 3. The van der Waals surface area contributed by atoms with E-state index in [-0.39, 0.29) is 18.2 Å². The van der Waals surface area contributed by atoms with Crippen LogP contribution in [0.25, 0.3) is 10.8 Å². The molecule has 0 aliphatic carbocycles. The van der Waals surface area contributed by atoms with E-state index in [9.17, 15) is 13.2 Å². The molecule has 0 radical (unpaired) electrons. The van der Waals surface area contributed by atoms with E-state index in [1.165, 1.54) is 12.1 Å². The summed E-state index contributed by atoms with van der Waals surface area (Å²) in [6.45, 7) is -0.180. The molecule has 0 aliphatic rings. The molecule has 3 rings (SSSR count). The second-order valence-electron chi connectivity index (χ2n) is 5.54. The molecule has 4 N–H and O–H groups in total. The first-order chi connectivity index (χ1) is 12.4. The van der Waals surface area contributed by atoms with E-state index in [1.807, 2.05) is 36.4 Å². The number of carbonyl (C=O) groups excluding carboxylic acids is 1. The fraction of sp³-hybridized carbons (Fsp3) is 0.0556. The van der Waals surface area contributed by atoms with Crippen LogP contribution in [0.2, 0.25) is 0 Å². The van der Waals surface area contributed by atoms with E-state index < -0.39 is 10.2 Å². The van der Waals surface area contributed by atoms with E-state index in [4.69, 9.17) is 9.88 Å². The van der Waals surface area contributed by atoms with Crippen LogP contribution in [0.15, 0.2) is 66.7 Å². The van der Waals surface area contributed by atoms with E-state index in [2.05, 4.69) is 10.0 Å². The Morgan fingerprint density at radius 1 is 0.962 bits per heavy atom. The Bertz CT molecular complexity index is 1050. The van der Waals surface area contributed by atoms with Gasteiger partial charge in [-0.2, -0.15) is 8.42 Å². The number of hydrogen-bond donors (Lipinski definition) is 3. The van der Waals surface area contributed by atoms with Gasteiger partial charge in [0, 0.05) is 11.1 Å². The highest BCUT2D eigenvalue weighted by Crippen LogP contribution is 2.25. The molecule has 3 aromatic carbocycles. The highest BCUT2D eigenvalue weighted by atomic mass is 32.2. The molecule has 134 valence electrons. The number of anilines is 2. The normalized spacial score (nSPS) is 11.1. The van der Waals surface area contributed by atoms with Crippen LogP contribution in [0, 0.1) is 0 Å². The first kappa shape index (κ1) is 17.7. The quantitative estimate of drug-likeness (QED) is 0.618. The van der Waals surface area contributed by atoms with Crippen LogP contribution >= 0.6 is 0 Å². The number of nitrogens with one attached hydrogen (secondary N) is 2. The molecular weight excluding hydrogens is 354 g/mol. The molecule has 26 heavy (non-hydrogen) atoms. The fourth-order valence-corrected chi connectivity index (χ4v) is 2.94. The lowest BCUT2D eigenvalue weighted by atomic mass is 10.1. The van der Waals surface area contributed by atoms with Crippen molar-refractivity contribution >= 4 is 38.3 Å². The molecule has 0 heterocycles. The Labute approximate surface area is 151 Å². The number of rotatable bonds is 6. The predicted molar refractivity (Wildman–Crippen MR) is 101 cm³/mol. The van der Waals surface area contributed by atoms with Gasteiger partial charge in [-0.1, -0.05) is 42.5 Å². The van der Waals surface area contributed by atoms with Crippen molar-refractivity contribution < 1.29 is 17.9 Å². The summed E-state index contributed by atoms with van der Waals surface area (Å²) in [6.07, 6.45) is 0. The first-order valence-corrected chi connectivity index (χ1v) is 9.26. The van der Waals surface area contributed by atoms with Gasteiger partial charge in [-0.15, -0.1) is 0 Å². The van der Waals surface area contributed by atoms with Crippen molar-refractivity contribution in [1.82, 2.24) is 0 Å². The second-order valence-corrected chi connectivity index (χ2v) is 6.84. The molecule has 0 aromatic heterocycles. The molecule has 7 nitrogen and oxygen atoms in total. The smallest absolute Gasteiger partial charge is 0.296 e. The zero-order valence-corrected chi connectivity index (χ0v) is 14.5. The molecule has 1 amide bonds. The molecule has 0 fully saturated rings. The Morgan fingerprint density at radius 3 is 2.46 bits per heavy atom. The lowest BCUT2D eigenvalue weighted by Crippen LogP contribution is -2.22. The van der Waals surface area contributed by atoms with Crippen molar-refractivity contribution in [3.8, 4) is 5.75 Å². The zero-order valence-electron chi connectivity index (χ0n) is 13.7. The molecule has 3 aromatic rings. The third kappa shape index (κ3) is 4.71. The van der Waals surface area contributed by atoms with Gasteiger partial charge in [0.2, 0.25) is 0 Å². The highest BCUT2D eigenvalue weighted by molar-refractivity contribution is 7.90. The molecule has 8 heteroatoms. The summed E-state index contributed by atoms with van der Waals surface area (Å²) in [5.74, 6) is 0.244. The second kappa shape index (κ2) is 7.42. The third-order valence-electron chi connectivity index (χ3n) is 3.51. The Kier molecular flexibility index (Phi) is 5.06. The van der Waals surface area contributed by atoms with Gasteiger partial charge in [0.05, 0.1) is 5.69 Å². The summed E-state index contributed by atoms with van der Waals surface area (Å²) in [5, 5.41) is 9.52. The van der Waals surface area contributed by atoms with Gasteiger partial charge in [-0.3, -0.25) is 9.52 Å². The summed E-state index contributed by atoms with van der Waals surface area (Å²) in [6, 6.07) is 19.5. The Morgan fingerprint density at radius 2 is 1.65 bits per heavy atom. The van der Waals surface area contributed by atoms with Crippen LogP contribution < -0.4 is 19.9 Å². The van der Waals surface area contributed by atoms with Gasteiger partial charge >= 0.3 is 0 Å². The number of hydrogen-bond acceptors (Lipinski definition) is 4. The molecule has 0 saturated heterocycles. The van der Waals surface area contributed by atoms with E-state index in [1.54, 1.807) is 18.2 Å². The van der Waals surface area contributed by atoms with Crippen molar-refractivity contribution in [3.63, 3.8) is 0 Å². The summed E-state index contributed by atoms with van der Waals surface area (Å²) >= 11 is 0. The van der Waals surface area contributed by atoms with Crippen LogP contribution in [-0.2, 0) is 15.0 Å². The lowest BCUT2D eigenvalue weighted by molar-refractivity contribution is -0.118. The van der Waals surface area contributed by atoms with Gasteiger partial charge in [-0.25, -0.2) is 5.14 Å². The van der Waals surface area contributed by atoms with Crippen LogP contribution in [0.5, 0.6) is 5.75 Å². The topological polar surface area (TPSA) is 111 Å². The van der Waals surface area contributed by atoms with Crippen molar-refractivity contribution in [1.29, 1.82) is 0 Å². The van der Waals surface area contributed by atoms with E-state index in [0.717, 1.165) is 10.8 Å². The fourth-order valence-electron chi connectivity index (χ4n) is 2.49. The number of ether oxygens (including phenoxy) is 1. The third-order valence-corrected chi connectivity index (χ3v) is 4.04. The number of carbonyl (C=O) groups is 1. The zero-order chi connectivity index (χ0) is 18.6. The number of nitrogens with two attached hydrogens (primary N) is 1. The first-order valence-electron chi connectivity index (χ1n) is 7.72. The largest absolute Gasteiger partial charge is 0.483 e. The summed E-state index contributed by atoms with van der Waals surface area (Å²) in [5.41, 5.74) is 0.672. The van der Waals surface area contributed by atoms with Crippen molar-refractivity contribution in [2.75, 3.05) is 16.6 Å². The van der Waals surface area contributed by atoms with Crippen molar-refractivity contribution in [2.45, 2.75) is 0 Å². The van der Waals surface area contributed by atoms with Gasteiger partial charge < -0.3 is 10.1 Å². The molecule has 0 bridgehead atoms. The Hall–Kier alpha value is -3.10. The minimum absolute atomic E-state index is 0.180. The number of fused-ring (bicyclic) bond motifs is 1. The van der Waals surface area contributed by atoms with Crippen LogP contribution in [-0.4, -0.2) is 20.9 Å². The maximum absolute atomic E-state index is 12.1. The molecule has 0 spiro atoms. The van der Waals surface area contributed by atoms with E-state index >= 15 is 0 Å². The van der Waals surface area contributed by atoms with Crippen molar-refractivity contribution in [3.05, 3.63) is 66.7 Å². The molecule has 0 aliphatic heterocycles. The summed E-state index contributed by atoms with van der Waals surface area (Å²) in [7, 11) is -3.88. The monoisotopic (exact) mass is 371 g/mol. The SMILES string of the molecule is NS(=O)(=O)Nc1cccc(NC(=O)COc2cccc3ccccc23)c1. The summed E-state index contributed by atoms with van der Waals surface area (Å²) < 4.78 is 29.9. The van der Waals surface area contributed by atoms with Gasteiger partial charge in [-0.05, 0) is 29.7 Å². The van der Waals surface area contributed by atoms with Crippen LogP contribution in [0.4, 0.5) is 11.4 Å². The van der Waals surface area contributed by atoms with Crippen molar-refractivity contribution in [2.24, 2.45) is 5.14 Å². The average molecular weight is 371 g/mol. The summed E-state index contributed by atoms with van der Waals surface area (Å²) in [4.78, 5) is 12.1. The predicted octanol–water partition coefficient (Wildman–Crippen LogP) is 2.47. The minimum atomic E-state index is -3.88. The van der Waals surface area contributed by atoms with Gasteiger partial charge in [0.25, 0.3) is 16.1 Å². The minimum Gasteiger partial charge on any atom is -0.483 e. The van der Waals surface area contributed by atoms with Crippen LogP contribution in [0.1, 0.15) is 0 Å². The standard InChI is InChI=1S/C18H17N3O4S/c19-26(23,24)21-15-8-4-7-14(11-15)20-18(22)12-25-17-10-3-6-13-5-1-2-9-16(13)17/h1-11,21H,12H2,(H,20,22)(H2,19,23,24). The lowest BCUT2D eigenvalue weighted by Gasteiger charge is -2.11. The molecule has 0 atom stereocenters. The maximum atomic E-state index is 12.1. The van der Waals surface area contributed by atoms with Gasteiger partial charge in [0.1, 0.15) is 5.75 Å². The Balaban J connectivity index is 1.65. The highest BCUT2D eigenvalue weighted by Gasteiger charge is 2.08. The number of amides is 1. The van der Waals surface area contributed by atoms with Crippen LogP contribution in [0.3, 0.4) is 0 Å². The maximum Gasteiger partial charge on any atom is 0.296 e. The molecule has 0 saturated carbocycles. The molecule has 0 unspecified atom stereocenters. The van der Waals surface area contributed by atoms with E-state index in [0.29, 0.717) is 11.4 Å². The molecular formula is C18H17N3O4S.